The number of thioether (sulfide) groups is 1. The molecule has 0 atom stereocenters. The largest absolute Gasteiger partial charge is 0.495 e. The normalized spacial score (nSPS) is 11.4. The number of carboxylic acids is 1. The van der Waals surface area contributed by atoms with Crippen molar-refractivity contribution >= 4 is 47.0 Å². The summed E-state index contributed by atoms with van der Waals surface area (Å²) in [5, 5.41) is 18.4. The molecular formula is C18H12Cl2N2O4S. The lowest BCUT2D eigenvalue weighted by atomic mass is 10.2. The van der Waals surface area contributed by atoms with Crippen LogP contribution >= 0.6 is 35.0 Å². The summed E-state index contributed by atoms with van der Waals surface area (Å²) < 4.78 is 10.6. The van der Waals surface area contributed by atoms with Crippen LogP contribution in [0, 0.1) is 0 Å². The predicted molar refractivity (Wildman–Crippen MR) is 104 cm³/mol. The highest BCUT2D eigenvalue weighted by molar-refractivity contribution is 8.03. The minimum atomic E-state index is -1.13. The second kappa shape index (κ2) is 8.47. The van der Waals surface area contributed by atoms with Gasteiger partial charge in [0.15, 0.2) is 0 Å². The second-order valence-corrected chi connectivity index (χ2v) is 7.03. The van der Waals surface area contributed by atoms with Crippen LogP contribution < -0.4 is 4.74 Å². The number of rotatable bonds is 6. The van der Waals surface area contributed by atoms with Crippen LogP contribution in [0.2, 0.25) is 10.0 Å². The fourth-order valence-corrected chi connectivity index (χ4v) is 3.18. The van der Waals surface area contributed by atoms with Gasteiger partial charge in [0.05, 0.1) is 12.1 Å². The number of hydrogen-bond donors (Lipinski definition) is 1. The van der Waals surface area contributed by atoms with Crippen molar-refractivity contribution < 1.29 is 19.1 Å². The van der Waals surface area contributed by atoms with Gasteiger partial charge in [0, 0.05) is 10.6 Å². The number of aromatic nitrogens is 2. The summed E-state index contributed by atoms with van der Waals surface area (Å²) >= 11 is 12.8. The summed E-state index contributed by atoms with van der Waals surface area (Å²) in [6.07, 6.45) is 1.46. The Bertz CT molecular complexity index is 1000. The number of methoxy groups -OCH3 is 1. The highest BCUT2D eigenvalue weighted by Crippen LogP contribution is 2.32. The van der Waals surface area contributed by atoms with Crippen LogP contribution in [0.3, 0.4) is 0 Å². The molecule has 2 aromatic carbocycles. The molecule has 27 heavy (non-hydrogen) atoms. The number of halogens is 2. The van der Waals surface area contributed by atoms with E-state index in [0.717, 1.165) is 11.8 Å². The van der Waals surface area contributed by atoms with E-state index in [1.54, 1.807) is 42.5 Å². The number of benzene rings is 2. The topological polar surface area (TPSA) is 85.5 Å². The zero-order valence-corrected chi connectivity index (χ0v) is 16.2. The Labute approximate surface area is 168 Å². The van der Waals surface area contributed by atoms with Gasteiger partial charge in [0.2, 0.25) is 5.89 Å². The first-order valence-electron chi connectivity index (χ1n) is 7.52. The van der Waals surface area contributed by atoms with E-state index >= 15 is 0 Å². The van der Waals surface area contributed by atoms with Gasteiger partial charge in [-0.2, -0.15) is 0 Å². The van der Waals surface area contributed by atoms with Crippen LogP contribution in [0.4, 0.5) is 0 Å². The molecule has 0 radical (unpaired) electrons. The Morgan fingerprint density at radius 2 is 1.93 bits per heavy atom. The minimum Gasteiger partial charge on any atom is -0.495 e. The maximum atomic E-state index is 11.6. The fourth-order valence-electron chi connectivity index (χ4n) is 2.11. The molecular weight excluding hydrogens is 411 g/mol. The van der Waals surface area contributed by atoms with Gasteiger partial charge in [0.25, 0.3) is 5.22 Å². The van der Waals surface area contributed by atoms with Crippen LogP contribution in [0.5, 0.6) is 5.75 Å². The SMILES string of the molecule is COc1ccc(/C=C(/Sc2nnc(-c3ccc(Cl)cc3)o2)C(=O)O)cc1Cl. The van der Waals surface area contributed by atoms with E-state index in [0.29, 0.717) is 26.9 Å². The molecule has 0 fully saturated rings. The molecule has 0 spiro atoms. The number of aliphatic carboxylic acids is 1. The maximum absolute atomic E-state index is 11.6. The van der Waals surface area contributed by atoms with Gasteiger partial charge < -0.3 is 14.3 Å². The van der Waals surface area contributed by atoms with Crippen LogP contribution in [-0.2, 0) is 4.79 Å². The molecule has 138 valence electrons. The monoisotopic (exact) mass is 422 g/mol. The summed E-state index contributed by atoms with van der Waals surface area (Å²) in [5.74, 6) is -0.354. The van der Waals surface area contributed by atoms with E-state index < -0.39 is 5.97 Å². The van der Waals surface area contributed by atoms with E-state index in [9.17, 15) is 9.90 Å². The van der Waals surface area contributed by atoms with Gasteiger partial charge in [-0.15, -0.1) is 10.2 Å². The standard InChI is InChI=1S/C18H12Cl2N2O4S/c1-25-14-7-2-10(8-13(14)20)9-15(17(23)24)27-18-22-21-16(26-18)11-3-5-12(19)6-4-11/h2-9H,1H3,(H,23,24)/b15-9+. The van der Waals surface area contributed by atoms with Gasteiger partial charge in [-0.25, -0.2) is 4.79 Å². The van der Waals surface area contributed by atoms with Crippen molar-refractivity contribution in [1.82, 2.24) is 10.2 Å². The third-order valence-corrected chi connectivity index (χ3v) is 4.78. The summed E-state index contributed by atoms with van der Waals surface area (Å²) in [5.41, 5.74) is 1.28. The second-order valence-electron chi connectivity index (χ2n) is 5.19. The first kappa shape index (κ1) is 19.3. The Hall–Kier alpha value is -2.48. The molecule has 0 bridgehead atoms. The molecule has 0 aliphatic carbocycles. The first-order valence-corrected chi connectivity index (χ1v) is 9.09. The number of hydrogen-bond acceptors (Lipinski definition) is 6. The molecule has 3 aromatic rings. The predicted octanol–water partition coefficient (Wildman–Crippen LogP) is 5.27. The Balaban J connectivity index is 1.84. The molecule has 1 heterocycles. The first-order chi connectivity index (χ1) is 13.0. The lowest BCUT2D eigenvalue weighted by molar-refractivity contribution is -0.131. The van der Waals surface area contributed by atoms with Gasteiger partial charge >= 0.3 is 5.97 Å². The number of carboxylic acid groups (broad SMARTS) is 1. The summed E-state index contributed by atoms with van der Waals surface area (Å²) in [4.78, 5) is 11.6. The average Bonchev–Trinajstić information content (AvgIpc) is 3.10. The third-order valence-electron chi connectivity index (χ3n) is 3.38. The molecule has 6 nitrogen and oxygen atoms in total. The number of nitrogens with zero attached hydrogens (tertiary/aromatic N) is 2. The summed E-state index contributed by atoms with van der Waals surface area (Å²) in [6, 6.07) is 11.8. The highest BCUT2D eigenvalue weighted by atomic mass is 35.5. The zero-order valence-electron chi connectivity index (χ0n) is 13.8. The number of carbonyl (C=O) groups is 1. The molecule has 9 heteroatoms. The minimum absolute atomic E-state index is 0.00235. The van der Waals surface area contributed by atoms with Crippen LogP contribution in [-0.4, -0.2) is 28.4 Å². The molecule has 0 saturated heterocycles. The van der Waals surface area contributed by atoms with E-state index in [1.807, 2.05) is 0 Å². The van der Waals surface area contributed by atoms with Crippen LogP contribution in [0.15, 0.2) is 57.0 Å². The summed E-state index contributed by atoms with van der Waals surface area (Å²) in [7, 11) is 1.50. The van der Waals surface area contributed by atoms with Crippen molar-refractivity contribution in [2.75, 3.05) is 7.11 Å². The van der Waals surface area contributed by atoms with Crippen molar-refractivity contribution in [3.8, 4) is 17.2 Å². The average molecular weight is 423 g/mol. The van der Waals surface area contributed by atoms with E-state index in [2.05, 4.69) is 10.2 Å². The zero-order chi connectivity index (χ0) is 19.4. The lowest BCUT2D eigenvalue weighted by Crippen LogP contribution is -1.97. The van der Waals surface area contributed by atoms with Crippen molar-refractivity contribution in [1.29, 1.82) is 0 Å². The molecule has 0 saturated carbocycles. The third kappa shape index (κ3) is 4.82. The highest BCUT2D eigenvalue weighted by Gasteiger charge is 2.16. The quantitative estimate of drug-likeness (QED) is 0.427. The molecule has 1 aromatic heterocycles. The van der Waals surface area contributed by atoms with Gasteiger partial charge in [-0.05, 0) is 59.8 Å². The smallest absolute Gasteiger partial charge is 0.342 e. The van der Waals surface area contributed by atoms with Crippen molar-refractivity contribution in [2.45, 2.75) is 5.22 Å². The van der Waals surface area contributed by atoms with E-state index in [-0.39, 0.29) is 16.0 Å². The molecule has 0 unspecified atom stereocenters. The van der Waals surface area contributed by atoms with Gasteiger partial charge in [-0.1, -0.05) is 29.3 Å². The van der Waals surface area contributed by atoms with Crippen molar-refractivity contribution in [2.24, 2.45) is 0 Å². The summed E-state index contributed by atoms with van der Waals surface area (Å²) in [6.45, 7) is 0. The molecule has 1 N–H and O–H groups in total. The maximum Gasteiger partial charge on any atom is 0.342 e. The van der Waals surface area contributed by atoms with E-state index in [1.165, 1.54) is 13.2 Å². The Morgan fingerprint density at radius 3 is 2.56 bits per heavy atom. The lowest BCUT2D eigenvalue weighted by Gasteiger charge is -2.04. The van der Waals surface area contributed by atoms with Crippen LogP contribution in [0.1, 0.15) is 5.56 Å². The van der Waals surface area contributed by atoms with Crippen molar-refractivity contribution in [3.63, 3.8) is 0 Å². The molecule has 0 amide bonds. The Kier molecular flexibility index (Phi) is 6.05. The molecule has 0 aliphatic heterocycles. The molecule has 0 aliphatic rings. The van der Waals surface area contributed by atoms with Crippen LogP contribution in [0.25, 0.3) is 17.5 Å². The fraction of sp³-hybridized carbons (Fsp3) is 0.0556. The van der Waals surface area contributed by atoms with Gasteiger partial charge in [0.1, 0.15) is 10.7 Å². The van der Waals surface area contributed by atoms with Gasteiger partial charge in [-0.3, -0.25) is 0 Å². The Morgan fingerprint density at radius 1 is 1.19 bits per heavy atom. The van der Waals surface area contributed by atoms with E-state index in [4.69, 9.17) is 32.4 Å². The molecule has 3 rings (SSSR count). The van der Waals surface area contributed by atoms with Crippen molar-refractivity contribution in [3.05, 3.63) is 63.0 Å². The number of ether oxygens (including phenoxy) is 1.